The highest BCUT2D eigenvalue weighted by Gasteiger charge is 2.29. The van der Waals surface area contributed by atoms with Crippen molar-refractivity contribution in [3.05, 3.63) is 36.3 Å². The molecule has 23 heavy (non-hydrogen) atoms. The van der Waals surface area contributed by atoms with Crippen LogP contribution in [-0.4, -0.2) is 50.5 Å². The van der Waals surface area contributed by atoms with Crippen molar-refractivity contribution in [2.24, 2.45) is 5.92 Å². The van der Waals surface area contributed by atoms with Crippen LogP contribution in [0.5, 0.6) is 5.88 Å². The number of ether oxygens (including phenoxy) is 1. The van der Waals surface area contributed by atoms with E-state index in [1.165, 1.54) is 0 Å². The Hall–Kier alpha value is -2.44. The first-order chi connectivity index (χ1) is 11.1. The fourth-order valence-corrected chi connectivity index (χ4v) is 2.56. The minimum absolute atomic E-state index is 0.0115. The SMILES string of the molecule is CC(C)COc1ccc(C(=O)N2CCC(n3nccn3)C2)cn1. The van der Waals surface area contributed by atoms with E-state index in [2.05, 4.69) is 29.0 Å². The molecule has 1 unspecified atom stereocenters. The van der Waals surface area contributed by atoms with Crippen LogP contribution in [0.2, 0.25) is 0 Å². The van der Waals surface area contributed by atoms with Crippen LogP contribution in [0.15, 0.2) is 30.7 Å². The molecule has 0 N–H and O–H groups in total. The van der Waals surface area contributed by atoms with Gasteiger partial charge in [0.1, 0.15) is 0 Å². The van der Waals surface area contributed by atoms with Gasteiger partial charge in [0, 0.05) is 25.4 Å². The second-order valence-electron chi connectivity index (χ2n) is 6.13. The summed E-state index contributed by atoms with van der Waals surface area (Å²) in [6.07, 6.45) is 5.76. The molecule has 1 saturated heterocycles. The second-order valence-corrected chi connectivity index (χ2v) is 6.13. The Morgan fingerprint density at radius 1 is 1.35 bits per heavy atom. The largest absolute Gasteiger partial charge is 0.477 e. The molecular formula is C16H21N5O2. The minimum Gasteiger partial charge on any atom is -0.477 e. The molecule has 0 aromatic carbocycles. The molecular weight excluding hydrogens is 294 g/mol. The van der Waals surface area contributed by atoms with Gasteiger partial charge in [-0.3, -0.25) is 4.79 Å². The Labute approximate surface area is 135 Å². The summed E-state index contributed by atoms with van der Waals surface area (Å²) in [6.45, 7) is 6.10. The summed E-state index contributed by atoms with van der Waals surface area (Å²) in [5.74, 6) is 0.980. The van der Waals surface area contributed by atoms with E-state index >= 15 is 0 Å². The minimum atomic E-state index is -0.0115. The molecule has 1 aliphatic heterocycles. The molecule has 0 aliphatic carbocycles. The number of carbonyl (C=O) groups is 1. The van der Waals surface area contributed by atoms with E-state index in [1.807, 2.05) is 4.90 Å². The van der Waals surface area contributed by atoms with Gasteiger partial charge in [0.05, 0.1) is 30.6 Å². The number of pyridine rings is 1. The van der Waals surface area contributed by atoms with E-state index in [9.17, 15) is 4.79 Å². The van der Waals surface area contributed by atoms with Gasteiger partial charge in [-0.05, 0) is 18.4 Å². The lowest BCUT2D eigenvalue weighted by Crippen LogP contribution is -2.29. The summed E-state index contributed by atoms with van der Waals surface area (Å²) in [6, 6.07) is 3.67. The van der Waals surface area contributed by atoms with E-state index < -0.39 is 0 Å². The number of hydrogen-bond acceptors (Lipinski definition) is 5. The molecule has 1 amide bonds. The summed E-state index contributed by atoms with van der Waals surface area (Å²) in [7, 11) is 0. The molecule has 0 radical (unpaired) electrons. The van der Waals surface area contributed by atoms with E-state index in [0.29, 0.717) is 37.1 Å². The lowest BCUT2D eigenvalue weighted by molar-refractivity contribution is 0.0785. The summed E-state index contributed by atoms with van der Waals surface area (Å²) in [5, 5.41) is 8.30. The average Bonchev–Trinajstić information content (AvgIpc) is 3.23. The number of rotatable bonds is 5. The van der Waals surface area contributed by atoms with Crippen molar-refractivity contribution in [1.29, 1.82) is 0 Å². The topological polar surface area (TPSA) is 73.1 Å². The van der Waals surface area contributed by atoms with Gasteiger partial charge >= 0.3 is 0 Å². The van der Waals surface area contributed by atoms with Gasteiger partial charge in [-0.2, -0.15) is 15.0 Å². The fraction of sp³-hybridized carbons (Fsp3) is 0.500. The molecule has 2 aromatic rings. The zero-order valence-electron chi connectivity index (χ0n) is 13.4. The molecule has 2 aromatic heterocycles. The predicted molar refractivity (Wildman–Crippen MR) is 84.1 cm³/mol. The van der Waals surface area contributed by atoms with Crippen LogP contribution in [0.25, 0.3) is 0 Å². The summed E-state index contributed by atoms with van der Waals surface area (Å²) in [5.41, 5.74) is 0.580. The maximum Gasteiger partial charge on any atom is 0.255 e. The van der Waals surface area contributed by atoms with E-state index in [4.69, 9.17) is 4.74 Å². The molecule has 122 valence electrons. The highest BCUT2D eigenvalue weighted by atomic mass is 16.5. The molecule has 0 spiro atoms. The Morgan fingerprint density at radius 2 is 2.13 bits per heavy atom. The quantitative estimate of drug-likeness (QED) is 0.841. The van der Waals surface area contributed by atoms with Crippen molar-refractivity contribution >= 4 is 5.91 Å². The van der Waals surface area contributed by atoms with Gasteiger partial charge in [0.15, 0.2) is 0 Å². The Morgan fingerprint density at radius 3 is 2.78 bits per heavy atom. The van der Waals surface area contributed by atoms with E-state index in [1.54, 1.807) is 35.5 Å². The molecule has 3 heterocycles. The van der Waals surface area contributed by atoms with Crippen LogP contribution in [0.3, 0.4) is 0 Å². The molecule has 0 bridgehead atoms. The zero-order chi connectivity index (χ0) is 16.2. The van der Waals surface area contributed by atoms with Crippen LogP contribution < -0.4 is 4.74 Å². The van der Waals surface area contributed by atoms with Gasteiger partial charge in [-0.25, -0.2) is 4.98 Å². The molecule has 7 heteroatoms. The van der Waals surface area contributed by atoms with Crippen LogP contribution in [0.1, 0.15) is 36.7 Å². The van der Waals surface area contributed by atoms with Crippen LogP contribution in [0.4, 0.5) is 0 Å². The molecule has 0 saturated carbocycles. The van der Waals surface area contributed by atoms with Crippen molar-refractivity contribution in [1.82, 2.24) is 24.9 Å². The first kappa shape index (κ1) is 15.5. The third-order valence-electron chi connectivity index (χ3n) is 3.76. The number of aromatic nitrogens is 4. The normalized spacial score (nSPS) is 17.7. The maximum absolute atomic E-state index is 12.5. The molecule has 1 aliphatic rings. The van der Waals surface area contributed by atoms with Gasteiger partial charge < -0.3 is 9.64 Å². The Kier molecular flexibility index (Phi) is 4.55. The highest BCUT2D eigenvalue weighted by molar-refractivity contribution is 5.94. The van der Waals surface area contributed by atoms with Crippen LogP contribution >= 0.6 is 0 Å². The lowest BCUT2D eigenvalue weighted by atomic mass is 10.2. The first-order valence-corrected chi connectivity index (χ1v) is 7.87. The number of likely N-dealkylation sites (tertiary alicyclic amines) is 1. The van der Waals surface area contributed by atoms with Crippen LogP contribution in [0, 0.1) is 5.92 Å². The number of amides is 1. The fourth-order valence-electron chi connectivity index (χ4n) is 2.56. The first-order valence-electron chi connectivity index (χ1n) is 7.87. The summed E-state index contributed by atoms with van der Waals surface area (Å²) >= 11 is 0. The third kappa shape index (κ3) is 3.67. The highest BCUT2D eigenvalue weighted by Crippen LogP contribution is 2.22. The van der Waals surface area contributed by atoms with Gasteiger partial charge in [-0.15, -0.1) is 0 Å². The summed E-state index contributed by atoms with van der Waals surface area (Å²) < 4.78 is 5.54. The van der Waals surface area contributed by atoms with Gasteiger partial charge in [-0.1, -0.05) is 13.8 Å². The number of carbonyl (C=O) groups excluding carboxylic acids is 1. The van der Waals surface area contributed by atoms with Gasteiger partial charge in [0.25, 0.3) is 5.91 Å². The summed E-state index contributed by atoms with van der Waals surface area (Å²) in [4.78, 5) is 20.2. The molecule has 3 rings (SSSR count). The molecule has 1 atom stereocenters. The van der Waals surface area contributed by atoms with Crippen LogP contribution in [-0.2, 0) is 0 Å². The Balaban J connectivity index is 1.60. The second kappa shape index (κ2) is 6.76. The predicted octanol–water partition coefficient (Wildman–Crippen LogP) is 1.80. The Bertz CT molecular complexity index is 639. The van der Waals surface area contributed by atoms with Crippen molar-refractivity contribution in [3.63, 3.8) is 0 Å². The van der Waals surface area contributed by atoms with Crippen molar-refractivity contribution in [3.8, 4) is 5.88 Å². The smallest absolute Gasteiger partial charge is 0.255 e. The van der Waals surface area contributed by atoms with Crippen molar-refractivity contribution in [2.45, 2.75) is 26.3 Å². The lowest BCUT2D eigenvalue weighted by Gasteiger charge is -2.16. The number of nitrogens with zero attached hydrogens (tertiary/aromatic N) is 5. The monoisotopic (exact) mass is 315 g/mol. The van der Waals surface area contributed by atoms with Gasteiger partial charge in [0.2, 0.25) is 5.88 Å². The third-order valence-corrected chi connectivity index (χ3v) is 3.76. The van der Waals surface area contributed by atoms with Crippen molar-refractivity contribution < 1.29 is 9.53 Å². The zero-order valence-corrected chi connectivity index (χ0v) is 13.4. The average molecular weight is 315 g/mol. The van der Waals surface area contributed by atoms with Crippen molar-refractivity contribution in [2.75, 3.05) is 19.7 Å². The standard InChI is InChI=1S/C16H21N5O2/c1-12(2)11-23-15-4-3-13(9-17-15)16(22)20-8-5-14(10-20)21-18-6-7-19-21/h3-4,6-7,9,12,14H,5,8,10-11H2,1-2H3. The van der Waals surface area contributed by atoms with E-state index in [0.717, 1.165) is 6.42 Å². The molecule has 7 nitrogen and oxygen atoms in total. The number of hydrogen-bond donors (Lipinski definition) is 0. The van der Waals surface area contributed by atoms with E-state index in [-0.39, 0.29) is 11.9 Å². The maximum atomic E-state index is 12.5. The molecule has 1 fully saturated rings.